The minimum absolute atomic E-state index is 0.192. The molecule has 0 amide bonds. The molecule has 24 heavy (non-hydrogen) atoms. The molecule has 0 spiro atoms. The third kappa shape index (κ3) is 2.29. The van der Waals surface area contributed by atoms with Crippen molar-refractivity contribution in [2.75, 3.05) is 6.61 Å². The maximum absolute atomic E-state index is 11.8. The minimum Gasteiger partial charge on any atom is -0.466 e. The van der Waals surface area contributed by atoms with E-state index in [-0.39, 0.29) is 18.4 Å². The van der Waals surface area contributed by atoms with Gasteiger partial charge in [-0.25, -0.2) is 0 Å². The molecule has 120 valence electrons. The van der Waals surface area contributed by atoms with Gasteiger partial charge in [0.25, 0.3) is 0 Å². The van der Waals surface area contributed by atoms with Crippen LogP contribution in [-0.2, 0) is 9.53 Å². The highest BCUT2D eigenvalue weighted by Crippen LogP contribution is 2.37. The van der Waals surface area contributed by atoms with Gasteiger partial charge in [0, 0.05) is 6.04 Å². The first-order valence-electron chi connectivity index (χ1n) is 8.26. The second-order valence-electron chi connectivity index (χ2n) is 6.13. The molecular formula is C21H19NO2. The Morgan fingerprint density at radius 2 is 1.58 bits per heavy atom. The van der Waals surface area contributed by atoms with Gasteiger partial charge in [-0.05, 0) is 44.8 Å². The van der Waals surface area contributed by atoms with Gasteiger partial charge in [0.15, 0.2) is 0 Å². The highest BCUT2D eigenvalue weighted by molar-refractivity contribution is 6.23. The summed E-state index contributed by atoms with van der Waals surface area (Å²) in [6.45, 7) is 2.18. The molecule has 0 unspecified atom stereocenters. The Kier molecular flexibility index (Phi) is 3.58. The number of hydrogen-bond donors (Lipinski definition) is 1. The predicted octanol–water partition coefficient (Wildman–Crippen LogP) is 4.54. The second-order valence-corrected chi connectivity index (χ2v) is 6.13. The zero-order valence-corrected chi connectivity index (χ0v) is 13.6. The molecule has 0 aromatic heterocycles. The molecule has 0 fully saturated rings. The molecule has 0 radical (unpaired) electrons. The summed E-state index contributed by atoms with van der Waals surface area (Å²) in [5.74, 6) is -0.254. The number of carbonyl (C=O) groups is 1. The lowest BCUT2D eigenvalue weighted by Crippen LogP contribution is -2.17. The summed E-state index contributed by atoms with van der Waals surface area (Å²) in [7, 11) is 0. The van der Waals surface area contributed by atoms with Crippen molar-refractivity contribution < 1.29 is 9.53 Å². The van der Waals surface area contributed by atoms with Crippen molar-refractivity contribution in [3.63, 3.8) is 0 Å². The van der Waals surface area contributed by atoms with Gasteiger partial charge in [-0.3, -0.25) is 4.79 Å². The predicted molar refractivity (Wildman–Crippen MR) is 98.3 cm³/mol. The van der Waals surface area contributed by atoms with E-state index < -0.39 is 0 Å². The molecule has 4 aromatic rings. The Labute approximate surface area is 140 Å². The van der Waals surface area contributed by atoms with Crippen molar-refractivity contribution in [3.05, 3.63) is 60.2 Å². The summed E-state index contributed by atoms with van der Waals surface area (Å²) in [5.41, 5.74) is 7.32. The second kappa shape index (κ2) is 5.77. The van der Waals surface area contributed by atoms with Crippen LogP contribution in [0.4, 0.5) is 0 Å². The normalized spacial score (nSPS) is 12.9. The molecule has 4 aromatic carbocycles. The van der Waals surface area contributed by atoms with Gasteiger partial charge in [0.1, 0.15) is 0 Å². The van der Waals surface area contributed by atoms with Crippen LogP contribution in [0.15, 0.2) is 54.6 Å². The van der Waals surface area contributed by atoms with E-state index in [2.05, 4.69) is 48.5 Å². The Hall–Kier alpha value is -2.65. The molecule has 0 aliphatic carbocycles. The van der Waals surface area contributed by atoms with Crippen LogP contribution < -0.4 is 5.73 Å². The van der Waals surface area contributed by atoms with Gasteiger partial charge >= 0.3 is 5.97 Å². The van der Waals surface area contributed by atoms with Crippen molar-refractivity contribution in [1.29, 1.82) is 0 Å². The quantitative estimate of drug-likeness (QED) is 0.444. The number of ether oxygens (including phenoxy) is 1. The lowest BCUT2D eigenvalue weighted by Gasteiger charge is -2.17. The topological polar surface area (TPSA) is 52.3 Å². The molecule has 3 heteroatoms. The third-order valence-electron chi connectivity index (χ3n) is 4.65. The van der Waals surface area contributed by atoms with E-state index in [1.807, 2.05) is 6.07 Å². The van der Waals surface area contributed by atoms with Crippen molar-refractivity contribution in [2.45, 2.75) is 19.4 Å². The summed E-state index contributed by atoms with van der Waals surface area (Å²) < 4.78 is 5.04. The zero-order chi connectivity index (χ0) is 16.7. The van der Waals surface area contributed by atoms with Crippen LogP contribution in [-0.4, -0.2) is 12.6 Å². The Morgan fingerprint density at radius 3 is 2.29 bits per heavy atom. The molecule has 2 N–H and O–H groups in total. The van der Waals surface area contributed by atoms with E-state index in [0.29, 0.717) is 6.61 Å². The highest BCUT2D eigenvalue weighted by Gasteiger charge is 2.17. The van der Waals surface area contributed by atoms with E-state index in [9.17, 15) is 4.79 Å². The average molecular weight is 317 g/mol. The summed E-state index contributed by atoms with van der Waals surface area (Å²) in [5, 5.41) is 7.25. The van der Waals surface area contributed by atoms with Crippen molar-refractivity contribution >= 4 is 38.3 Å². The summed E-state index contributed by atoms with van der Waals surface area (Å²) in [6, 6.07) is 18.6. The first-order chi connectivity index (χ1) is 11.7. The van der Waals surface area contributed by atoms with Crippen molar-refractivity contribution in [1.82, 2.24) is 0 Å². The Morgan fingerprint density at radius 1 is 0.958 bits per heavy atom. The molecule has 0 aliphatic heterocycles. The third-order valence-corrected chi connectivity index (χ3v) is 4.65. The smallest absolute Gasteiger partial charge is 0.307 e. The first kappa shape index (κ1) is 14.9. The van der Waals surface area contributed by atoms with E-state index in [0.717, 1.165) is 10.9 Å². The molecule has 0 heterocycles. The SMILES string of the molecule is CCOC(=O)C[C@@H](N)c1ccc2ccc3cccc4ccc1c2c34. The lowest BCUT2D eigenvalue weighted by atomic mass is 9.89. The maximum Gasteiger partial charge on any atom is 0.307 e. The Balaban J connectivity index is 1.92. The van der Waals surface area contributed by atoms with E-state index in [1.54, 1.807) is 6.92 Å². The van der Waals surface area contributed by atoms with Gasteiger partial charge in [-0.15, -0.1) is 0 Å². The number of esters is 1. The molecule has 0 saturated carbocycles. The fourth-order valence-electron chi connectivity index (χ4n) is 3.59. The lowest BCUT2D eigenvalue weighted by molar-refractivity contribution is -0.143. The monoisotopic (exact) mass is 317 g/mol. The zero-order valence-electron chi connectivity index (χ0n) is 13.6. The van der Waals surface area contributed by atoms with Crippen LogP contribution in [0.25, 0.3) is 32.3 Å². The van der Waals surface area contributed by atoms with Crippen molar-refractivity contribution in [2.24, 2.45) is 5.73 Å². The first-order valence-corrected chi connectivity index (χ1v) is 8.26. The highest BCUT2D eigenvalue weighted by atomic mass is 16.5. The molecule has 0 saturated heterocycles. The number of hydrogen-bond acceptors (Lipinski definition) is 3. The van der Waals surface area contributed by atoms with Crippen LogP contribution in [0.1, 0.15) is 24.9 Å². The number of benzene rings is 4. The van der Waals surface area contributed by atoms with Gasteiger partial charge < -0.3 is 10.5 Å². The van der Waals surface area contributed by atoms with E-state index in [1.165, 1.54) is 26.9 Å². The van der Waals surface area contributed by atoms with Gasteiger partial charge in [0.05, 0.1) is 13.0 Å². The van der Waals surface area contributed by atoms with Crippen LogP contribution in [0, 0.1) is 0 Å². The maximum atomic E-state index is 11.8. The fourth-order valence-corrected chi connectivity index (χ4v) is 3.59. The van der Waals surface area contributed by atoms with E-state index >= 15 is 0 Å². The fraction of sp³-hybridized carbons (Fsp3) is 0.190. The van der Waals surface area contributed by atoms with E-state index in [4.69, 9.17) is 10.5 Å². The summed E-state index contributed by atoms with van der Waals surface area (Å²) in [6.07, 6.45) is 0.192. The molecular weight excluding hydrogens is 298 g/mol. The number of nitrogens with two attached hydrogens (primary N) is 1. The van der Waals surface area contributed by atoms with Gasteiger partial charge in [-0.1, -0.05) is 54.6 Å². The summed E-state index contributed by atoms with van der Waals surface area (Å²) >= 11 is 0. The van der Waals surface area contributed by atoms with Crippen LogP contribution >= 0.6 is 0 Å². The minimum atomic E-state index is -0.367. The molecule has 4 rings (SSSR count). The largest absolute Gasteiger partial charge is 0.466 e. The molecule has 0 aliphatic rings. The number of rotatable bonds is 4. The average Bonchev–Trinajstić information content (AvgIpc) is 2.59. The molecule has 3 nitrogen and oxygen atoms in total. The van der Waals surface area contributed by atoms with Crippen LogP contribution in [0.5, 0.6) is 0 Å². The Bertz CT molecular complexity index is 1020. The standard InChI is InChI=1S/C21H19NO2/c1-2-24-19(23)12-18(22)16-10-8-15-7-6-13-4-3-5-14-9-11-17(16)21(15)20(13)14/h3-11,18H,2,12,22H2,1H3/t18-/m1/s1. The van der Waals surface area contributed by atoms with Crippen molar-refractivity contribution in [3.8, 4) is 0 Å². The van der Waals surface area contributed by atoms with Gasteiger partial charge in [-0.2, -0.15) is 0 Å². The number of carbonyl (C=O) groups excluding carboxylic acids is 1. The van der Waals surface area contributed by atoms with Crippen LogP contribution in [0.3, 0.4) is 0 Å². The molecule has 0 bridgehead atoms. The summed E-state index contributed by atoms with van der Waals surface area (Å²) in [4.78, 5) is 11.8. The molecule has 1 atom stereocenters. The van der Waals surface area contributed by atoms with Gasteiger partial charge in [0.2, 0.25) is 0 Å². The van der Waals surface area contributed by atoms with Crippen LogP contribution in [0.2, 0.25) is 0 Å².